The molecule has 0 unspecified atom stereocenters. The van der Waals surface area contributed by atoms with Crippen LogP contribution in [0.3, 0.4) is 0 Å². The molecule has 10 heteroatoms. The first-order chi connectivity index (χ1) is 15.8. The summed E-state index contributed by atoms with van der Waals surface area (Å²) in [7, 11) is 0. The van der Waals surface area contributed by atoms with Crippen LogP contribution >= 0.6 is 0 Å². The third-order valence-electron chi connectivity index (χ3n) is 6.20. The van der Waals surface area contributed by atoms with E-state index in [9.17, 15) is 18.0 Å². The van der Waals surface area contributed by atoms with Crippen molar-refractivity contribution in [3.63, 3.8) is 0 Å². The molecule has 2 aliphatic rings. The summed E-state index contributed by atoms with van der Waals surface area (Å²) in [4.78, 5) is 32.2. The van der Waals surface area contributed by atoms with Crippen molar-refractivity contribution in [1.29, 1.82) is 0 Å². The molecule has 1 saturated heterocycles. The Morgan fingerprint density at radius 3 is 2.55 bits per heavy atom. The Hall–Kier alpha value is -3.56. The molecule has 3 atom stereocenters. The Bertz CT molecular complexity index is 1170. The quantitative estimate of drug-likeness (QED) is 0.642. The number of anilines is 1. The number of likely N-dealkylation sites (tertiary alicyclic amines) is 1. The van der Waals surface area contributed by atoms with Crippen molar-refractivity contribution in [2.75, 3.05) is 11.9 Å². The molecule has 1 amide bonds. The number of halogens is 3. The second-order valence-electron chi connectivity index (χ2n) is 8.52. The molecule has 3 aromatic rings. The lowest BCUT2D eigenvalue weighted by Crippen LogP contribution is -2.48. The number of aryl methyl sites for hydroxylation is 1. The highest BCUT2D eigenvalue weighted by molar-refractivity contribution is 5.98. The maximum absolute atomic E-state index is 13.5. The zero-order chi connectivity index (χ0) is 23.2. The highest BCUT2D eigenvalue weighted by Gasteiger charge is 2.47. The minimum atomic E-state index is -4.43. The van der Waals surface area contributed by atoms with E-state index in [-0.39, 0.29) is 18.0 Å². The Morgan fingerprint density at radius 1 is 1.09 bits per heavy atom. The Kier molecular flexibility index (Phi) is 5.22. The van der Waals surface area contributed by atoms with Crippen molar-refractivity contribution in [1.82, 2.24) is 24.8 Å². The van der Waals surface area contributed by atoms with Crippen molar-refractivity contribution in [3.8, 4) is 11.4 Å². The van der Waals surface area contributed by atoms with Gasteiger partial charge in [0.05, 0.1) is 17.2 Å². The number of piperidine rings is 1. The maximum atomic E-state index is 13.5. The number of aromatic nitrogens is 4. The van der Waals surface area contributed by atoms with E-state index >= 15 is 0 Å². The van der Waals surface area contributed by atoms with Crippen molar-refractivity contribution in [2.24, 2.45) is 5.92 Å². The van der Waals surface area contributed by atoms with Gasteiger partial charge in [0.25, 0.3) is 5.91 Å². The van der Waals surface area contributed by atoms with Crippen LogP contribution in [0, 0.1) is 12.8 Å². The van der Waals surface area contributed by atoms with Crippen LogP contribution in [-0.2, 0) is 6.18 Å². The van der Waals surface area contributed by atoms with Gasteiger partial charge in [0.2, 0.25) is 0 Å². The molecule has 1 aliphatic carbocycles. The number of alkyl halides is 3. The number of carbonyl (C=O) groups is 1. The van der Waals surface area contributed by atoms with Gasteiger partial charge in [-0.15, -0.1) is 0 Å². The molecule has 3 aromatic heterocycles. The van der Waals surface area contributed by atoms with Crippen LogP contribution in [0.1, 0.15) is 34.5 Å². The van der Waals surface area contributed by atoms with Crippen LogP contribution in [-0.4, -0.2) is 49.4 Å². The minimum absolute atomic E-state index is 0.0979. The zero-order valence-electron chi connectivity index (χ0n) is 17.8. The SMILES string of the molecule is Cc1cnc(C(=O)N2C[C@H]3C[C@@H](Nc4ccc(C(F)(F)F)cn4)[C@@H]2C3)c(-c2ncccn2)c1. The first kappa shape index (κ1) is 21.3. The normalized spacial score (nSPS) is 21.9. The number of nitrogens with one attached hydrogen (secondary N) is 1. The van der Waals surface area contributed by atoms with E-state index in [0.29, 0.717) is 35.4 Å². The summed E-state index contributed by atoms with van der Waals surface area (Å²) in [5.74, 6) is 0.912. The minimum Gasteiger partial charge on any atom is -0.365 e. The monoisotopic (exact) mass is 454 g/mol. The molecule has 0 radical (unpaired) electrons. The second kappa shape index (κ2) is 8.09. The Labute approximate surface area is 188 Å². The maximum Gasteiger partial charge on any atom is 0.417 e. The van der Waals surface area contributed by atoms with Crippen molar-refractivity contribution >= 4 is 11.7 Å². The van der Waals surface area contributed by atoms with Gasteiger partial charge in [-0.25, -0.2) is 15.0 Å². The number of fused-ring (bicyclic) bond motifs is 2. The molecule has 1 N–H and O–H groups in total. The zero-order valence-corrected chi connectivity index (χ0v) is 17.8. The van der Waals surface area contributed by atoms with Crippen LogP contribution in [0.25, 0.3) is 11.4 Å². The van der Waals surface area contributed by atoms with Crippen LogP contribution in [0.15, 0.2) is 49.1 Å². The fraction of sp³-hybridized carbons (Fsp3) is 0.348. The number of pyridine rings is 2. The summed E-state index contributed by atoms with van der Waals surface area (Å²) in [6, 6.07) is 5.70. The van der Waals surface area contributed by atoms with E-state index in [1.165, 1.54) is 6.07 Å². The molecular weight excluding hydrogens is 433 g/mol. The molecule has 7 nitrogen and oxygen atoms in total. The molecule has 170 valence electrons. The van der Waals surface area contributed by atoms with Crippen LogP contribution in [0.5, 0.6) is 0 Å². The summed E-state index contributed by atoms with van der Waals surface area (Å²) in [6.07, 6.45) is 2.93. The molecular formula is C23H21F3N6O. The first-order valence-electron chi connectivity index (χ1n) is 10.6. The number of hydrogen-bond acceptors (Lipinski definition) is 6. The summed E-state index contributed by atoms with van der Waals surface area (Å²) in [5, 5.41) is 3.23. The lowest BCUT2D eigenvalue weighted by atomic mass is 10.0. The van der Waals surface area contributed by atoms with Crippen molar-refractivity contribution in [3.05, 3.63) is 65.9 Å². The lowest BCUT2D eigenvalue weighted by molar-refractivity contribution is -0.137. The fourth-order valence-electron chi connectivity index (χ4n) is 4.74. The van der Waals surface area contributed by atoms with Crippen LogP contribution < -0.4 is 5.32 Å². The average Bonchev–Trinajstić information content (AvgIpc) is 3.40. The van der Waals surface area contributed by atoms with Crippen LogP contribution in [0.4, 0.5) is 19.0 Å². The fourth-order valence-corrected chi connectivity index (χ4v) is 4.74. The number of rotatable bonds is 4. The molecule has 1 aliphatic heterocycles. The van der Waals surface area contributed by atoms with Gasteiger partial charge in [-0.2, -0.15) is 13.2 Å². The van der Waals surface area contributed by atoms with Gasteiger partial charge in [-0.05, 0) is 55.5 Å². The Morgan fingerprint density at radius 2 is 1.88 bits per heavy atom. The first-order valence-corrected chi connectivity index (χ1v) is 10.6. The predicted molar refractivity (Wildman–Crippen MR) is 114 cm³/mol. The van der Waals surface area contributed by atoms with Gasteiger partial charge in [0, 0.05) is 37.4 Å². The smallest absolute Gasteiger partial charge is 0.365 e. The molecule has 5 rings (SSSR count). The average molecular weight is 454 g/mol. The summed E-state index contributed by atoms with van der Waals surface area (Å²) in [5.41, 5.74) is 0.979. The molecule has 0 spiro atoms. The van der Waals surface area contributed by atoms with Gasteiger partial charge >= 0.3 is 6.18 Å². The molecule has 2 fully saturated rings. The molecule has 0 aromatic carbocycles. The summed E-state index contributed by atoms with van der Waals surface area (Å²) in [6.45, 7) is 2.51. The molecule has 4 heterocycles. The predicted octanol–water partition coefficient (Wildman–Crippen LogP) is 3.98. The van der Waals surface area contributed by atoms with E-state index in [1.807, 2.05) is 13.0 Å². The van der Waals surface area contributed by atoms with Gasteiger partial charge in [-0.3, -0.25) is 9.78 Å². The summed E-state index contributed by atoms with van der Waals surface area (Å²) >= 11 is 0. The van der Waals surface area contributed by atoms with Gasteiger partial charge in [0.1, 0.15) is 11.5 Å². The van der Waals surface area contributed by atoms with E-state index < -0.39 is 11.7 Å². The highest BCUT2D eigenvalue weighted by atomic mass is 19.4. The van der Waals surface area contributed by atoms with Gasteiger partial charge < -0.3 is 10.2 Å². The van der Waals surface area contributed by atoms with Crippen molar-refractivity contribution < 1.29 is 18.0 Å². The highest BCUT2D eigenvalue weighted by Crippen LogP contribution is 2.40. The largest absolute Gasteiger partial charge is 0.417 e. The van der Waals surface area contributed by atoms with Gasteiger partial charge in [0.15, 0.2) is 5.82 Å². The Balaban J connectivity index is 1.37. The molecule has 33 heavy (non-hydrogen) atoms. The molecule has 2 bridgehead atoms. The number of nitrogens with zero attached hydrogens (tertiary/aromatic N) is 5. The number of amides is 1. The topological polar surface area (TPSA) is 83.9 Å². The van der Waals surface area contributed by atoms with E-state index in [2.05, 4.69) is 25.3 Å². The summed E-state index contributed by atoms with van der Waals surface area (Å²) < 4.78 is 38.4. The molecule has 1 saturated carbocycles. The number of hydrogen-bond donors (Lipinski definition) is 1. The second-order valence-corrected chi connectivity index (χ2v) is 8.52. The van der Waals surface area contributed by atoms with E-state index in [1.54, 1.807) is 29.6 Å². The third-order valence-corrected chi connectivity index (χ3v) is 6.20. The standard InChI is InChI=1S/C23H21F3N6O/c1-13-7-16(21-27-5-2-6-28-21)20(30-10-13)22(33)32-12-14-8-17(18(32)9-14)31-19-4-3-15(11-29-19)23(24,25)26/h2-7,10-11,14,17-18H,8-9,12H2,1H3,(H,29,31)/t14-,17+,18-/m0/s1. The third kappa shape index (κ3) is 4.12. The van der Waals surface area contributed by atoms with E-state index in [4.69, 9.17) is 0 Å². The van der Waals surface area contributed by atoms with Crippen molar-refractivity contribution in [2.45, 2.75) is 38.0 Å². The number of carbonyl (C=O) groups excluding carboxylic acids is 1. The van der Waals surface area contributed by atoms with Crippen LogP contribution in [0.2, 0.25) is 0 Å². The lowest BCUT2D eigenvalue weighted by Gasteiger charge is -2.34. The van der Waals surface area contributed by atoms with E-state index in [0.717, 1.165) is 30.7 Å². The van der Waals surface area contributed by atoms with Gasteiger partial charge in [-0.1, -0.05) is 0 Å².